The summed E-state index contributed by atoms with van der Waals surface area (Å²) in [6, 6.07) is 0. The molecule has 0 aromatic rings. The molecule has 0 bridgehead atoms. The Hall–Kier alpha value is -1.50. The van der Waals surface area contributed by atoms with E-state index in [-0.39, 0.29) is 0 Å². The van der Waals surface area contributed by atoms with Crippen molar-refractivity contribution in [3.05, 3.63) is 46.9 Å². The molecule has 0 fully saturated rings. The number of allylic oxidation sites excluding steroid dienone is 7. The molecule has 3 heteroatoms. The molecule has 0 aliphatic heterocycles. The van der Waals surface area contributed by atoms with Gasteiger partial charge in [0.05, 0.1) is 6.54 Å². The normalized spacial score (nSPS) is 16.8. The van der Waals surface area contributed by atoms with E-state index in [1.807, 2.05) is 17.8 Å². The Bertz CT molecular complexity index is 530. The summed E-state index contributed by atoms with van der Waals surface area (Å²) in [5, 5.41) is 0. The topological polar surface area (TPSA) is 38.4 Å². The fourth-order valence-corrected chi connectivity index (χ4v) is 3.11. The van der Waals surface area contributed by atoms with Crippen LogP contribution in [0.25, 0.3) is 0 Å². The van der Waals surface area contributed by atoms with E-state index in [0.29, 0.717) is 0 Å². The van der Waals surface area contributed by atoms with Gasteiger partial charge in [0, 0.05) is 17.0 Å². The Morgan fingerprint density at radius 1 is 1.39 bits per heavy atom. The van der Waals surface area contributed by atoms with Crippen LogP contribution in [0.1, 0.15) is 39.0 Å². The Balaban J connectivity index is 2.49. The van der Waals surface area contributed by atoms with Gasteiger partial charge in [0.1, 0.15) is 0 Å². The van der Waals surface area contributed by atoms with Gasteiger partial charge in [-0.15, -0.1) is 18.2 Å². The number of hydrogen-bond donors (Lipinski definition) is 1. The number of hydrogen-bond acceptors (Lipinski definition) is 3. The highest BCUT2D eigenvalue weighted by Gasteiger charge is 2.04. The highest BCUT2D eigenvalue weighted by molar-refractivity contribution is 8.03. The predicted octanol–water partition coefficient (Wildman–Crippen LogP) is 4.66. The average Bonchev–Trinajstić information content (AvgIpc) is 2.56. The van der Waals surface area contributed by atoms with Crippen molar-refractivity contribution in [1.29, 1.82) is 0 Å². The summed E-state index contributed by atoms with van der Waals surface area (Å²) >= 11 is 1.89. The molecule has 23 heavy (non-hydrogen) atoms. The summed E-state index contributed by atoms with van der Waals surface area (Å²) in [4.78, 5) is 6.05. The van der Waals surface area contributed by atoms with Crippen LogP contribution in [0.3, 0.4) is 0 Å². The van der Waals surface area contributed by atoms with Gasteiger partial charge in [0.2, 0.25) is 0 Å². The van der Waals surface area contributed by atoms with Crippen molar-refractivity contribution in [3.8, 4) is 12.3 Å². The molecule has 1 aliphatic carbocycles. The van der Waals surface area contributed by atoms with Gasteiger partial charge in [0.25, 0.3) is 0 Å². The van der Waals surface area contributed by atoms with Gasteiger partial charge < -0.3 is 5.73 Å². The highest BCUT2D eigenvalue weighted by Crippen LogP contribution is 2.20. The standard InChI is InChI=1S/C20H28N2S/c1-3-4-7-13-19(23-16-11-6-5-10-15-21)17-22-20-14-9-8-12-18(20)2/h1,4,7-9,12-13H,5-6,10-11,14-17,21H2,2H3/b7-4-,19-13+,22-20+. The third-order valence-electron chi connectivity index (χ3n) is 3.53. The lowest BCUT2D eigenvalue weighted by Gasteiger charge is -2.09. The zero-order chi connectivity index (χ0) is 16.8. The summed E-state index contributed by atoms with van der Waals surface area (Å²) in [7, 11) is 0. The van der Waals surface area contributed by atoms with Gasteiger partial charge in [0.15, 0.2) is 0 Å². The first kappa shape index (κ1) is 19.5. The van der Waals surface area contributed by atoms with E-state index in [2.05, 4.69) is 37.1 Å². The summed E-state index contributed by atoms with van der Waals surface area (Å²) in [5.74, 6) is 3.65. The van der Waals surface area contributed by atoms with Gasteiger partial charge in [-0.25, -0.2) is 0 Å². The number of unbranched alkanes of at least 4 members (excludes halogenated alkanes) is 3. The predicted molar refractivity (Wildman–Crippen MR) is 106 cm³/mol. The maximum atomic E-state index is 5.52. The monoisotopic (exact) mass is 328 g/mol. The number of nitrogens with zero attached hydrogens (tertiary/aromatic N) is 1. The quantitative estimate of drug-likeness (QED) is 0.360. The van der Waals surface area contributed by atoms with Crippen LogP contribution in [0.15, 0.2) is 51.9 Å². The van der Waals surface area contributed by atoms with Crippen molar-refractivity contribution >= 4 is 17.5 Å². The molecule has 2 nitrogen and oxygen atoms in total. The van der Waals surface area contributed by atoms with E-state index in [1.165, 1.54) is 35.5 Å². The van der Waals surface area contributed by atoms with E-state index >= 15 is 0 Å². The Morgan fingerprint density at radius 3 is 2.96 bits per heavy atom. The van der Waals surface area contributed by atoms with Crippen LogP contribution in [-0.4, -0.2) is 24.6 Å². The smallest absolute Gasteiger partial charge is 0.0702 e. The third kappa shape index (κ3) is 9.28. The van der Waals surface area contributed by atoms with E-state index in [4.69, 9.17) is 17.1 Å². The maximum absolute atomic E-state index is 5.52. The fourth-order valence-electron chi connectivity index (χ4n) is 2.17. The van der Waals surface area contributed by atoms with Crippen molar-refractivity contribution in [2.24, 2.45) is 10.7 Å². The van der Waals surface area contributed by atoms with E-state index in [1.54, 1.807) is 6.08 Å². The molecular formula is C20H28N2S. The van der Waals surface area contributed by atoms with Gasteiger partial charge in [-0.2, -0.15) is 0 Å². The second-order valence-corrected chi connectivity index (χ2v) is 6.68. The number of thioether (sulfide) groups is 1. The van der Waals surface area contributed by atoms with Gasteiger partial charge >= 0.3 is 0 Å². The molecule has 2 N–H and O–H groups in total. The molecule has 0 saturated carbocycles. The summed E-state index contributed by atoms with van der Waals surface area (Å²) in [6.07, 6.45) is 23.1. The van der Waals surface area contributed by atoms with E-state index < -0.39 is 0 Å². The molecule has 0 heterocycles. The number of terminal acetylenes is 1. The van der Waals surface area contributed by atoms with Crippen LogP contribution in [-0.2, 0) is 0 Å². The van der Waals surface area contributed by atoms with Crippen LogP contribution >= 0.6 is 11.8 Å². The van der Waals surface area contributed by atoms with Crippen molar-refractivity contribution in [2.45, 2.75) is 39.0 Å². The Labute approximate surface area is 145 Å². The van der Waals surface area contributed by atoms with Crippen LogP contribution in [0, 0.1) is 12.3 Å². The first-order valence-corrected chi connectivity index (χ1v) is 9.28. The van der Waals surface area contributed by atoms with Crippen LogP contribution in [0.5, 0.6) is 0 Å². The zero-order valence-electron chi connectivity index (χ0n) is 14.1. The van der Waals surface area contributed by atoms with Crippen molar-refractivity contribution in [3.63, 3.8) is 0 Å². The molecule has 0 unspecified atom stereocenters. The lowest BCUT2D eigenvalue weighted by Crippen LogP contribution is -2.03. The summed E-state index contributed by atoms with van der Waals surface area (Å²) in [5.41, 5.74) is 7.96. The molecule has 0 aromatic heterocycles. The molecule has 0 amide bonds. The number of rotatable bonds is 10. The first-order valence-electron chi connectivity index (χ1n) is 8.29. The molecule has 0 radical (unpaired) electrons. The minimum atomic E-state index is 0.733. The molecule has 0 saturated heterocycles. The second-order valence-electron chi connectivity index (χ2n) is 5.45. The van der Waals surface area contributed by atoms with Crippen LogP contribution in [0.4, 0.5) is 0 Å². The highest BCUT2D eigenvalue weighted by atomic mass is 32.2. The second kappa shape index (κ2) is 13.0. The zero-order valence-corrected chi connectivity index (χ0v) is 14.9. The first-order chi connectivity index (χ1) is 11.3. The molecule has 124 valence electrons. The molecule has 0 spiro atoms. The summed E-state index contributed by atoms with van der Waals surface area (Å²) in [6.45, 7) is 3.65. The Morgan fingerprint density at radius 2 is 2.22 bits per heavy atom. The number of nitrogens with two attached hydrogens (primary N) is 1. The van der Waals surface area contributed by atoms with Gasteiger partial charge in [-0.1, -0.05) is 49.1 Å². The lowest BCUT2D eigenvalue weighted by atomic mass is 10.0. The molecule has 1 rings (SSSR count). The van der Waals surface area contributed by atoms with Crippen LogP contribution < -0.4 is 5.73 Å². The van der Waals surface area contributed by atoms with Crippen molar-refractivity contribution in [1.82, 2.24) is 0 Å². The van der Waals surface area contributed by atoms with Crippen molar-refractivity contribution < 1.29 is 0 Å². The molecule has 0 atom stereocenters. The number of aliphatic imine (C=N–C) groups is 1. The SMILES string of the molecule is C#C/C=C\C=C(/C/N=C1\CC=CC=C1C)SCCCCCCN. The molecule has 0 aromatic carbocycles. The van der Waals surface area contributed by atoms with Crippen molar-refractivity contribution in [2.75, 3.05) is 18.8 Å². The maximum Gasteiger partial charge on any atom is 0.0702 e. The van der Waals surface area contributed by atoms with Gasteiger partial charge in [-0.3, -0.25) is 4.99 Å². The average molecular weight is 329 g/mol. The Kier molecular flexibility index (Phi) is 11.0. The van der Waals surface area contributed by atoms with Crippen LogP contribution in [0.2, 0.25) is 0 Å². The van der Waals surface area contributed by atoms with Gasteiger partial charge in [-0.05, 0) is 43.7 Å². The molecular weight excluding hydrogens is 300 g/mol. The molecule has 1 aliphatic rings. The third-order valence-corrected chi connectivity index (χ3v) is 4.66. The fraction of sp³-hybridized carbons (Fsp3) is 0.450. The van der Waals surface area contributed by atoms with E-state index in [0.717, 1.165) is 31.7 Å². The lowest BCUT2D eigenvalue weighted by molar-refractivity contribution is 0.678. The summed E-state index contributed by atoms with van der Waals surface area (Å²) < 4.78 is 0. The van der Waals surface area contributed by atoms with E-state index in [9.17, 15) is 0 Å². The minimum absolute atomic E-state index is 0.733. The minimum Gasteiger partial charge on any atom is -0.330 e. The largest absolute Gasteiger partial charge is 0.330 e.